The van der Waals surface area contributed by atoms with Crippen LogP contribution in [0.5, 0.6) is 0 Å². The smallest absolute Gasteiger partial charge is 0.274 e. The Kier molecular flexibility index (Phi) is 3.98. The number of fused-ring (bicyclic) bond motifs is 1. The summed E-state index contributed by atoms with van der Waals surface area (Å²) in [6.45, 7) is 1.62. The second-order valence-corrected chi connectivity index (χ2v) is 6.53. The van der Waals surface area contributed by atoms with E-state index in [2.05, 4.69) is 4.98 Å². The monoisotopic (exact) mass is 339 g/mol. The first-order chi connectivity index (χ1) is 11.7. The Morgan fingerprint density at radius 3 is 2.50 bits per heavy atom. The van der Waals surface area contributed by atoms with Crippen molar-refractivity contribution in [2.75, 3.05) is 13.1 Å². The molecule has 122 valence electrons. The maximum Gasteiger partial charge on any atom is 0.274 e. The zero-order chi connectivity index (χ0) is 16.5. The van der Waals surface area contributed by atoms with Crippen LogP contribution in [0.4, 0.5) is 0 Å². The van der Waals surface area contributed by atoms with Crippen LogP contribution < -0.4 is 0 Å². The fourth-order valence-corrected chi connectivity index (χ4v) is 3.40. The van der Waals surface area contributed by atoms with Gasteiger partial charge in [0, 0.05) is 29.9 Å². The van der Waals surface area contributed by atoms with Gasteiger partial charge in [-0.15, -0.1) is 0 Å². The van der Waals surface area contributed by atoms with Crippen LogP contribution in [0.2, 0.25) is 5.02 Å². The number of amides is 1. The summed E-state index contributed by atoms with van der Waals surface area (Å²) in [4.78, 5) is 19.6. The number of imidazole rings is 1. The Morgan fingerprint density at radius 2 is 1.75 bits per heavy atom. The van der Waals surface area contributed by atoms with E-state index in [1.807, 2.05) is 58.0 Å². The lowest BCUT2D eigenvalue weighted by molar-refractivity contribution is 0.0720. The first kappa shape index (κ1) is 15.2. The number of carbonyl (C=O) groups is 1. The number of aromatic nitrogens is 2. The summed E-state index contributed by atoms with van der Waals surface area (Å²) in [6.07, 6.45) is 5.27. The first-order valence-corrected chi connectivity index (χ1v) is 8.64. The first-order valence-electron chi connectivity index (χ1n) is 8.26. The number of nitrogens with zero attached hydrogens (tertiary/aromatic N) is 3. The van der Waals surface area contributed by atoms with E-state index in [0.717, 1.165) is 42.8 Å². The van der Waals surface area contributed by atoms with E-state index in [4.69, 9.17) is 11.6 Å². The van der Waals surface area contributed by atoms with Gasteiger partial charge in [0.25, 0.3) is 5.91 Å². The molecular weight excluding hydrogens is 322 g/mol. The topological polar surface area (TPSA) is 37.6 Å². The molecule has 5 heteroatoms. The highest BCUT2D eigenvalue weighted by molar-refractivity contribution is 6.30. The number of rotatable bonds is 2. The molecule has 0 radical (unpaired) electrons. The summed E-state index contributed by atoms with van der Waals surface area (Å²) in [6, 6.07) is 13.4. The van der Waals surface area contributed by atoms with Gasteiger partial charge in [-0.2, -0.15) is 0 Å². The predicted molar refractivity (Wildman–Crippen MR) is 95.4 cm³/mol. The number of piperidine rings is 1. The van der Waals surface area contributed by atoms with Crippen molar-refractivity contribution in [3.63, 3.8) is 0 Å². The van der Waals surface area contributed by atoms with Crippen molar-refractivity contribution in [3.05, 3.63) is 59.4 Å². The van der Waals surface area contributed by atoms with E-state index in [1.54, 1.807) is 0 Å². The van der Waals surface area contributed by atoms with Gasteiger partial charge in [0.15, 0.2) is 5.69 Å². The van der Waals surface area contributed by atoms with Crippen LogP contribution in [0.1, 0.15) is 29.8 Å². The quantitative estimate of drug-likeness (QED) is 0.698. The molecule has 1 amide bonds. The van der Waals surface area contributed by atoms with Gasteiger partial charge in [-0.3, -0.25) is 9.20 Å². The molecule has 1 aliphatic heterocycles. The molecule has 0 saturated carbocycles. The number of likely N-dealkylation sites (tertiary alicyclic amines) is 1. The maximum atomic E-state index is 13.1. The minimum absolute atomic E-state index is 0.0170. The summed E-state index contributed by atoms with van der Waals surface area (Å²) in [7, 11) is 0. The number of hydrogen-bond acceptors (Lipinski definition) is 2. The number of pyridine rings is 1. The Balaban J connectivity index is 1.86. The van der Waals surface area contributed by atoms with Crippen LogP contribution in [-0.4, -0.2) is 33.3 Å². The Hall–Kier alpha value is -2.33. The predicted octanol–water partition coefficient (Wildman–Crippen LogP) is 4.28. The highest BCUT2D eigenvalue weighted by Crippen LogP contribution is 2.28. The molecule has 0 N–H and O–H groups in total. The summed E-state index contributed by atoms with van der Waals surface area (Å²) >= 11 is 6.02. The van der Waals surface area contributed by atoms with Gasteiger partial charge in [-0.1, -0.05) is 29.8 Å². The lowest BCUT2D eigenvalue weighted by atomic mass is 10.1. The number of hydrogen-bond donors (Lipinski definition) is 0. The second-order valence-electron chi connectivity index (χ2n) is 6.10. The molecule has 0 spiro atoms. The van der Waals surface area contributed by atoms with Crippen LogP contribution >= 0.6 is 11.6 Å². The summed E-state index contributed by atoms with van der Waals surface area (Å²) < 4.78 is 1.97. The van der Waals surface area contributed by atoms with E-state index in [-0.39, 0.29) is 5.91 Å². The van der Waals surface area contributed by atoms with Gasteiger partial charge in [0.05, 0.1) is 5.69 Å². The lowest BCUT2D eigenvalue weighted by Crippen LogP contribution is -2.36. The zero-order valence-electron chi connectivity index (χ0n) is 13.3. The van der Waals surface area contributed by atoms with Crippen molar-refractivity contribution in [3.8, 4) is 11.3 Å². The van der Waals surface area contributed by atoms with E-state index in [0.29, 0.717) is 10.7 Å². The number of carbonyl (C=O) groups excluding carboxylic acids is 1. The average molecular weight is 340 g/mol. The third-order valence-electron chi connectivity index (χ3n) is 4.49. The van der Waals surface area contributed by atoms with Gasteiger partial charge in [-0.05, 0) is 43.5 Å². The second kappa shape index (κ2) is 6.29. The largest absolute Gasteiger partial charge is 0.337 e. The number of benzene rings is 1. The highest BCUT2D eigenvalue weighted by Gasteiger charge is 2.25. The molecule has 1 aromatic carbocycles. The van der Waals surface area contributed by atoms with Crippen LogP contribution in [0, 0.1) is 0 Å². The van der Waals surface area contributed by atoms with Crippen LogP contribution in [0.3, 0.4) is 0 Å². The van der Waals surface area contributed by atoms with Crippen LogP contribution in [-0.2, 0) is 0 Å². The fraction of sp³-hybridized carbons (Fsp3) is 0.263. The van der Waals surface area contributed by atoms with Crippen molar-refractivity contribution in [1.29, 1.82) is 0 Å². The standard InChI is InChI=1S/C19H18ClN3O/c20-15-9-7-14(8-10-15)18-17(19(24)22-11-3-1-4-12-22)21-16-6-2-5-13-23(16)18/h2,5-10,13H,1,3-4,11-12H2. The SMILES string of the molecule is O=C(c1nc2ccccn2c1-c1ccc(Cl)cc1)N1CCCCC1. The van der Waals surface area contributed by atoms with Crippen molar-refractivity contribution in [2.45, 2.75) is 19.3 Å². The molecule has 2 aromatic heterocycles. The molecule has 4 nitrogen and oxygen atoms in total. The van der Waals surface area contributed by atoms with E-state index < -0.39 is 0 Å². The van der Waals surface area contributed by atoms with E-state index in [9.17, 15) is 4.79 Å². The van der Waals surface area contributed by atoms with Crippen molar-refractivity contribution in [2.24, 2.45) is 0 Å². The molecule has 1 aliphatic rings. The molecule has 0 bridgehead atoms. The summed E-state index contributed by atoms with van der Waals surface area (Å²) in [5.74, 6) is 0.0170. The van der Waals surface area contributed by atoms with Crippen molar-refractivity contribution < 1.29 is 4.79 Å². The molecule has 0 unspecified atom stereocenters. The molecular formula is C19H18ClN3O. The molecule has 1 fully saturated rings. The Labute approximate surface area is 145 Å². The van der Waals surface area contributed by atoms with Gasteiger partial charge in [0.2, 0.25) is 0 Å². The summed E-state index contributed by atoms with van der Waals surface area (Å²) in [5.41, 5.74) is 3.07. The molecule has 3 heterocycles. The normalized spacial score (nSPS) is 15.0. The van der Waals surface area contributed by atoms with Gasteiger partial charge in [0.1, 0.15) is 5.65 Å². The summed E-state index contributed by atoms with van der Waals surface area (Å²) in [5, 5.41) is 0.677. The minimum Gasteiger partial charge on any atom is -0.337 e. The molecule has 3 aromatic rings. The van der Waals surface area contributed by atoms with Gasteiger partial charge < -0.3 is 4.90 Å². The molecule has 0 atom stereocenters. The molecule has 24 heavy (non-hydrogen) atoms. The Morgan fingerprint density at radius 1 is 1.00 bits per heavy atom. The number of halogens is 1. The van der Waals surface area contributed by atoms with Crippen molar-refractivity contribution >= 4 is 23.2 Å². The third kappa shape index (κ3) is 2.67. The highest BCUT2D eigenvalue weighted by atomic mass is 35.5. The zero-order valence-corrected chi connectivity index (χ0v) is 14.0. The molecule has 1 saturated heterocycles. The Bertz CT molecular complexity index is 879. The van der Waals surface area contributed by atoms with Crippen molar-refractivity contribution in [1.82, 2.24) is 14.3 Å². The van der Waals surface area contributed by atoms with Crippen LogP contribution in [0.25, 0.3) is 16.9 Å². The van der Waals surface area contributed by atoms with E-state index in [1.165, 1.54) is 6.42 Å². The lowest BCUT2D eigenvalue weighted by Gasteiger charge is -2.26. The molecule has 0 aliphatic carbocycles. The van der Waals surface area contributed by atoms with Gasteiger partial charge >= 0.3 is 0 Å². The van der Waals surface area contributed by atoms with Gasteiger partial charge in [-0.25, -0.2) is 4.98 Å². The molecule has 4 rings (SSSR count). The third-order valence-corrected chi connectivity index (χ3v) is 4.75. The average Bonchev–Trinajstić information content (AvgIpc) is 3.02. The fourth-order valence-electron chi connectivity index (χ4n) is 3.28. The van der Waals surface area contributed by atoms with E-state index >= 15 is 0 Å². The van der Waals surface area contributed by atoms with Crippen LogP contribution in [0.15, 0.2) is 48.7 Å². The minimum atomic E-state index is 0.0170. The maximum absolute atomic E-state index is 13.1.